The molecular weight excluding hydrogens is 320 g/mol. The average Bonchev–Trinajstić information content (AvgIpc) is 2.75. The van der Waals surface area contributed by atoms with Crippen molar-refractivity contribution in [1.29, 1.82) is 0 Å². The average molecular weight is 339 g/mol. The third kappa shape index (κ3) is 4.00. The lowest BCUT2D eigenvalue weighted by molar-refractivity contribution is 0.0528. The summed E-state index contributed by atoms with van der Waals surface area (Å²) in [6.45, 7) is 3.98. The molecule has 0 aliphatic carbocycles. The summed E-state index contributed by atoms with van der Waals surface area (Å²) in [5, 5.41) is 4.35. The van der Waals surface area contributed by atoms with E-state index >= 15 is 0 Å². The second-order valence-electron chi connectivity index (χ2n) is 4.94. The Morgan fingerprint density at radius 3 is 2.68 bits per heavy atom. The highest BCUT2D eigenvalue weighted by Gasteiger charge is 2.24. The van der Waals surface area contributed by atoms with Gasteiger partial charge in [0.15, 0.2) is 0 Å². The van der Waals surface area contributed by atoms with Gasteiger partial charge in [-0.05, 0) is 32.4 Å². The monoisotopic (exact) mass is 338 g/mol. The maximum Gasteiger partial charge on any atom is 0.342 e. The summed E-state index contributed by atoms with van der Waals surface area (Å²) in [6, 6.07) is 9.59. The van der Waals surface area contributed by atoms with Gasteiger partial charge in [0.25, 0.3) is 0 Å². The SMILES string of the molecule is CCOC(=O)c1c(Nc2ccccc2)sc(CC(C)N)c1Cl. The van der Waals surface area contributed by atoms with Crippen LogP contribution in [0.1, 0.15) is 29.1 Å². The van der Waals surface area contributed by atoms with Crippen LogP contribution >= 0.6 is 22.9 Å². The number of benzene rings is 1. The van der Waals surface area contributed by atoms with Crippen LogP contribution < -0.4 is 11.1 Å². The van der Waals surface area contributed by atoms with E-state index in [1.54, 1.807) is 6.92 Å². The van der Waals surface area contributed by atoms with Crippen LogP contribution in [0, 0.1) is 0 Å². The third-order valence-corrected chi connectivity index (χ3v) is 4.59. The van der Waals surface area contributed by atoms with Crippen molar-refractivity contribution in [3.63, 3.8) is 0 Å². The minimum Gasteiger partial charge on any atom is -0.462 e. The van der Waals surface area contributed by atoms with Gasteiger partial charge in [0.2, 0.25) is 0 Å². The van der Waals surface area contributed by atoms with Crippen molar-refractivity contribution in [3.8, 4) is 0 Å². The number of hydrogen-bond acceptors (Lipinski definition) is 5. The number of halogens is 1. The molecule has 118 valence electrons. The molecule has 0 aliphatic heterocycles. The van der Waals surface area contributed by atoms with Crippen molar-refractivity contribution in [2.75, 3.05) is 11.9 Å². The number of ether oxygens (including phenoxy) is 1. The first-order valence-corrected chi connectivity index (χ1v) is 8.28. The predicted octanol–water partition coefficient (Wildman–Crippen LogP) is 4.21. The Kier molecular flexibility index (Phi) is 5.83. The first kappa shape index (κ1) is 16.8. The van der Waals surface area contributed by atoms with Gasteiger partial charge >= 0.3 is 5.97 Å². The lowest BCUT2D eigenvalue weighted by atomic mass is 10.2. The number of nitrogens with two attached hydrogens (primary N) is 1. The molecule has 0 fully saturated rings. The lowest BCUT2D eigenvalue weighted by Crippen LogP contribution is -2.17. The van der Waals surface area contributed by atoms with Gasteiger partial charge in [0.05, 0.1) is 11.6 Å². The molecule has 1 aromatic heterocycles. The smallest absolute Gasteiger partial charge is 0.342 e. The van der Waals surface area contributed by atoms with Crippen LogP contribution in [0.2, 0.25) is 5.02 Å². The predicted molar refractivity (Wildman–Crippen MR) is 92.4 cm³/mol. The van der Waals surface area contributed by atoms with E-state index in [4.69, 9.17) is 22.1 Å². The summed E-state index contributed by atoms with van der Waals surface area (Å²) >= 11 is 7.82. The molecule has 0 saturated carbocycles. The molecule has 4 nitrogen and oxygen atoms in total. The second-order valence-corrected chi connectivity index (χ2v) is 6.42. The number of carbonyl (C=O) groups is 1. The van der Waals surface area contributed by atoms with Crippen molar-refractivity contribution >= 4 is 39.6 Å². The fourth-order valence-corrected chi connectivity index (χ4v) is 3.67. The van der Waals surface area contributed by atoms with Gasteiger partial charge < -0.3 is 15.8 Å². The fourth-order valence-electron chi connectivity index (χ4n) is 2.01. The Bertz CT molecular complexity index is 641. The quantitative estimate of drug-likeness (QED) is 0.774. The van der Waals surface area contributed by atoms with Crippen LogP contribution in [0.15, 0.2) is 30.3 Å². The first-order valence-electron chi connectivity index (χ1n) is 7.08. The van der Waals surface area contributed by atoms with E-state index in [-0.39, 0.29) is 6.04 Å². The molecule has 3 N–H and O–H groups in total. The topological polar surface area (TPSA) is 64.3 Å². The molecule has 0 saturated heterocycles. The second kappa shape index (κ2) is 7.63. The van der Waals surface area contributed by atoms with Crippen molar-refractivity contribution < 1.29 is 9.53 Å². The number of para-hydroxylation sites is 1. The van der Waals surface area contributed by atoms with Gasteiger partial charge in [0, 0.05) is 16.6 Å². The zero-order valence-electron chi connectivity index (χ0n) is 12.6. The summed E-state index contributed by atoms with van der Waals surface area (Å²) in [6.07, 6.45) is 0.617. The Morgan fingerprint density at radius 1 is 1.41 bits per heavy atom. The van der Waals surface area contributed by atoms with Crippen LogP contribution in [0.4, 0.5) is 10.7 Å². The van der Waals surface area contributed by atoms with Gasteiger partial charge in [-0.25, -0.2) is 4.79 Å². The molecule has 1 atom stereocenters. The van der Waals surface area contributed by atoms with Crippen LogP contribution in [0.3, 0.4) is 0 Å². The number of anilines is 2. The van der Waals surface area contributed by atoms with Gasteiger partial charge in [0.1, 0.15) is 10.6 Å². The van der Waals surface area contributed by atoms with Gasteiger partial charge in [-0.3, -0.25) is 0 Å². The number of rotatable bonds is 6. The van der Waals surface area contributed by atoms with Gasteiger partial charge in [-0.2, -0.15) is 0 Å². The molecule has 6 heteroatoms. The number of nitrogens with one attached hydrogen (secondary N) is 1. The highest BCUT2D eigenvalue weighted by atomic mass is 35.5. The Hall–Kier alpha value is -1.56. The van der Waals surface area contributed by atoms with E-state index < -0.39 is 5.97 Å². The minimum absolute atomic E-state index is 0.0317. The summed E-state index contributed by atoms with van der Waals surface area (Å²) in [5.41, 5.74) is 7.12. The van der Waals surface area contributed by atoms with E-state index in [0.717, 1.165) is 10.6 Å². The maximum absolute atomic E-state index is 12.2. The standard InChI is InChI=1S/C16H19ClN2O2S/c1-3-21-16(20)13-14(17)12(9-10(2)18)22-15(13)19-11-7-5-4-6-8-11/h4-8,10,19H,3,9,18H2,1-2H3. The van der Waals surface area contributed by atoms with Crippen LogP contribution in [0.25, 0.3) is 0 Å². The number of esters is 1. The normalized spacial score (nSPS) is 12.0. The van der Waals surface area contributed by atoms with E-state index in [1.165, 1.54) is 11.3 Å². The summed E-state index contributed by atoms with van der Waals surface area (Å²) in [5.74, 6) is -0.418. The molecule has 2 aromatic rings. The summed E-state index contributed by atoms with van der Waals surface area (Å²) < 4.78 is 5.12. The van der Waals surface area contributed by atoms with E-state index in [9.17, 15) is 4.79 Å². The highest BCUT2D eigenvalue weighted by Crippen LogP contribution is 2.39. The number of hydrogen-bond donors (Lipinski definition) is 2. The van der Waals surface area contributed by atoms with Gasteiger partial charge in [-0.15, -0.1) is 11.3 Å². The molecule has 22 heavy (non-hydrogen) atoms. The van der Waals surface area contributed by atoms with Crippen molar-refractivity contribution in [2.45, 2.75) is 26.3 Å². The van der Waals surface area contributed by atoms with Crippen molar-refractivity contribution in [1.82, 2.24) is 0 Å². The summed E-state index contributed by atoms with van der Waals surface area (Å²) in [4.78, 5) is 13.1. The van der Waals surface area contributed by atoms with Gasteiger partial charge in [-0.1, -0.05) is 29.8 Å². The zero-order valence-corrected chi connectivity index (χ0v) is 14.1. The van der Waals surface area contributed by atoms with Crippen LogP contribution in [-0.4, -0.2) is 18.6 Å². The molecule has 1 aromatic carbocycles. The molecule has 0 bridgehead atoms. The lowest BCUT2D eigenvalue weighted by Gasteiger charge is -2.07. The molecule has 0 aliphatic rings. The largest absolute Gasteiger partial charge is 0.462 e. The third-order valence-electron chi connectivity index (χ3n) is 2.94. The molecule has 0 amide bonds. The minimum atomic E-state index is -0.418. The molecule has 0 spiro atoms. The maximum atomic E-state index is 12.2. The van der Waals surface area contributed by atoms with Crippen LogP contribution in [0.5, 0.6) is 0 Å². The van der Waals surface area contributed by atoms with E-state index in [1.807, 2.05) is 37.3 Å². The highest BCUT2D eigenvalue weighted by molar-refractivity contribution is 7.17. The molecule has 1 unspecified atom stereocenters. The number of carbonyl (C=O) groups excluding carboxylic acids is 1. The van der Waals surface area contributed by atoms with E-state index in [2.05, 4.69) is 5.32 Å². The molecule has 2 rings (SSSR count). The van der Waals surface area contributed by atoms with Crippen molar-refractivity contribution in [3.05, 3.63) is 45.8 Å². The van der Waals surface area contributed by atoms with Crippen LogP contribution in [-0.2, 0) is 11.2 Å². The molecule has 0 radical (unpaired) electrons. The fraction of sp³-hybridized carbons (Fsp3) is 0.312. The Balaban J connectivity index is 2.39. The summed E-state index contributed by atoms with van der Waals surface area (Å²) in [7, 11) is 0. The number of thiophene rings is 1. The molecular formula is C16H19ClN2O2S. The Labute approximate surface area is 139 Å². The zero-order chi connectivity index (χ0) is 16.1. The van der Waals surface area contributed by atoms with Crippen molar-refractivity contribution in [2.24, 2.45) is 5.73 Å². The Morgan fingerprint density at radius 2 is 2.09 bits per heavy atom. The first-order chi connectivity index (χ1) is 10.5. The molecule has 1 heterocycles. The van der Waals surface area contributed by atoms with E-state index in [0.29, 0.717) is 28.6 Å².